The minimum atomic E-state index is -5.32. The van der Waals surface area contributed by atoms with Gasteiger partial charge in [0.1, 0.15) is 20.8 Å². The van der Waals surface area contributed by atoms with Crippen LogP contribution in [0, 0.1) is 26.7 Å². The maximum absolute atomic E-state index is 13.6. The van der Waals surface area contributed by atoms with Crippen LogP contribution in [0.5, 0.6) is 5.75 Å². The predicted molar refractivity (Wildman–Crippen MR) is 593 cm³/mol. The number of ether oxygens (including phenoxy) is 1. The Balaban J connectivity index is 0.00000224. The van der Waals surface area contributed by atoms with E-state index in [2.05, 4.69) is 93.3 Å². The minimum absolute atomic E-state index is 0. The molecule has 13 rings (SSSR count). The fraction of sp³-hybridized carbons (Fsp3) is 0.337. The molecular weight excluding hydrogens is 2420 g/mol. The van der Waals surface area contributed by atoms with Crippen molar-refractivity contribution in [2.45, 2.75) is 230 Å². The van der Waals surface area contributed by atoms with Crippen LogP contribution in [0.15, 0.2) is 241 Å². The van der Waals surface area contributed by atoms with Gasteiger partial charge < -0.3 is 59.5 Å². The molecule has 0 atom stereocenters. The van der Waals surface area contributed by atoms with Crippen molar-refractivity contribution in [2.24, 2.45) is 5.89 Å². The van der Waals surface area contributed by atoms with Gasteiger partial charge in [-0.1, -0.05) is 202 Å². The average molecular weight is 2600 g/mol. The number of piperidine rings is 1. The Morgan fingerprint density at radius 2 is 0.952 bits per heavy atom. The quantitative estimate of drug-likeness (QED) is 0.00245. The van der Waals surface area contributed by atoms with Crippen LogP contribution in [0.2, 0.25) is 41.1 Å². The van der Waals surface area contributed by atoms with Crippen molar-refractivity contribution in [1.82, 2.24) is 45.2 Å². The number of para-hydroxylation sites is 5. The van der Waals surface area contributed by atoms with Gasteiger partial charge in [-0.05, 0) is 270 Å². The zero-order valence-corrected chi connectivity index (χ0v) is 102. The number of nitrogens with zero attached hydrogens (tertiary/aromatic N) is 8. The van der Waals surface area contributed by atoms with E-state index in [1.54, 1.807) is 49.4 Å². The summed E-state index contributed by atoms with van der Waals surface area (Å²) in [5.74, 6) is -1.27. The number of nitrogens with one attached hydrogen (secondary N) is 5. The van der Waals surface area contributed by atoms with Crippen LogP contribution in [0.25, 0.3) is 0 Å². The number of benzene rings is 8. The van der Waals surface area contributed by atoms with E-state index in [9.17, 15) is 33.7 Å². The van der Waals surface area contributed by atoms with E-state index in [1.165, 1.54) is 103 Å². The monoisotopic (exact) mass is 2590 g/mol. The van der Waals surface area contributed by atoms with Gasteiger partial charge in [0.25, 0.3) is 25.6 Å². The summed E-state index contributed by atoms with van der Waals surface area (Å²) in [6.07, 6.45) is 0.232. The summed E-state index contributed by atoms with van der Waals surface area (Å²) >= 11 is 50.9. The van der Waals surface area contributed by atoms with Crippen molar-refractivity contribution < 1.29 is 269 Å². The molecule has 0 radical (unpaired) electrons. The summed E-state index contributed by atoms with van der Waals surface area (Å²) in [5.41, 5.74) is 16.6. The van der Waals surface area contributed by atoms with Crippen molar-refractivity contribution in [3.63, 3.8) is 0 Å². The van der Waals surface area contributed by atoms with Gasteiger partial charge in [0.2, 0.25) is 23.2 Å². The van der Waals surface area contributed by atoms with E-state index in [0.717, 1.165) is 90.6 Å². The first-order chi connectivity index (χ1) is 87.0. The van der Waals surface area contributed by atoms with Gasteiger partial charge in [0.05, 0.1) is 97.5 Å². The largest absolute Gasteiger partial charge is 1.00 e. The van der Waals surface area contributed by atoms with E-state index < -0.39 is 188 Å². The number of aryl methyl sites for hydroxylation is 3. The Hall–Kier alpha value is -4.45. The summed E-state index contributed by atoms with van der Waals surface area (Å²) < 4.78 is 472. The van der Waals surface area contributed by atoms with Crippen LogP contribution in [0.3, 0.4) is 0 Å². The molecule has 0 amide bonds. The molecular formula is C98H124Cl9Cs2N15O14S7. The Morgan fingerprint density at radius 1 is 0.524 bits per heavy atom. The number of carbonyl (C=O) groups is 1. The van der Waals surface area contributed by atoms with Crippen LogP contribution >= 0.6 is 140 Å². The number of anilines is 10. The fourth-order valence-electron chi connectivity index (χ4n) is 10.3. The molecule has 1 fully saturated rings. The first kappa shape index (κ1) is 75.4. The summed E-state index contributed by atoms with van der Waals surface area (Å²) in [6, 6.07) is 45.6. The Labute approximate surface area is 1100 Å². The predicted octanol–water partition coefficient (Wildman–Crippen LogP) is 20.5. The molecule has 782 valence electrons. The molecule has 1 aliphatic heterocycles. The van der Waals surface area contributed by atoms with E-state index in [4.69, 9.17) is 198 Å². The molecule has 29 nitrogen and oxygen atoms in total. The molecule has 0 unspecified atom stereocenters. The number of nitrogen functional groups attached to an aromatic ring is 2. The summed E-state index contributed by atoms with van der Waals surface area (Å²) in [6.45, 7) is -33.5. The van der Waals surface area contributed by atoms with E-state index in [0.29, 0.717) is 51.6 Å². The molecule has 5 heterocycles. The SMILES string of the molecule is Cc1ccc(S(=O)(=O)Cl)cc1.Clc1ncc(Cl)c(Cl)n1.Nc1ccccc1S.O=CO[O-].[2H]C([2H])([2H])C([2H])(C([2H])([2H])[2H])S(=O)(=O)c1ccccc1Nc1nc(Cl)ncc1Cl.[2H]C([2H])([2H])C([2H])(C([2H])([2H])[2H])S(=O)(=O)c1ccccc1Nc1nc(Nc2cc(C)c(C3CCNCC3)cc2OC(C)C)ncc1Cl.[2H]C([2H])([2H])C([2H])(C)C([2H])([2H])[2H].[2H]C([2H])([2H])C([2H])(OS(=O)(=O)c1ccc(C)cc1)C([2H])([2H])[2H].[2H]C([2H])([2H])C([2H])(Sc1ccccc1N)C([2H])([2H])[2H].[2H]C([2H])([2H])C([2H])(Sc1ccccc1Nc1nc(Cl)ncc1Cl)C([2H])([2H])[2H].[2H]OC([2H])(C([2H])([2H])[2H])C([2H])([2H])[2H].[Cs+].[Cs+].[H-]. The molecule has 4 aromatic heterocycles. The molecule has 0 saturated carbocycles. The number of carbonyl (C=O) groups excluding carboxylic acids is 1. The molecule has 1 saturated heterocycles. The van der Waals surface area contributed by atoms with Gasteiger partial charge in [-0.25, -0.2) is 50.2 Å². The first-order valence-corrected chi connectivity index (χ1v) is 51.1. The average Bonchev–Trinajstić information content (AvgIpc) is 0.713. The second-order valence-electron chi connectivity index (χ2n) is 27.4. The summed E-state index contributed by atoms with van der Waals surface area (Å²) in [5, 5.41) is 14.0. The first-order valence-electron chi connectivity index (χ1n) is 64.2. The summed E-state index contributed by atoms with van der Waals surface area (Å²) in [7, 11) is -13.7. The minimum Gasteiger partial charge on any atom is -1.00 e. The smallest absolute Gasteiger partial charge is 1.00 e. The second kappa shape index (κ2) is 71.5. The number of sulfone groups is 2. The summed E-state index contributed by atoms with van der Waals surface area (Å²) in [4.78, 5) is 41.8. The van der Waals surface area contributed by atoms with Crippen molar-refractivity contribution in [3.05, 3.63) is 270 Å². The number of aromatic nitrogens is 8. The third-order valence-corrected chi connectivity index (χ3v) is 25.8. The topological polar surface area (TPSA) is 440 Å². The van der Waals surface area contributed by atoms with Gasteiger partial charge in [-0.3, -0.25) is 8.98 Å². The van der Waals surface area contributed by atoms with Crippen LogP contribution in [0.4, 0.5) is 57.5 Å². The zero-order valence-electron chi connectivity index (χ0n) is 128. The maximum Gasteiger partial charge on any atom is 1.00 e. The maximum atomic E-state index is 13.6. The molecule has 12 aromatic rings. The zero-order chi connectivity index (χ0) is 150. The molecule has 145 heavy (non-hydrogen) atoms. The van der Waals surface area contributed by atoms with Gasteiger partial charge in [-0.15, -0.1) is 36.2 Å². The van der Waals surface area contributed by atoms with Gasteiger partial charge >= 0.3 is 138 Å². The molecule has 0 bridgehead atoms. The standard InChI is InChI=1S/C28H36ClN5O3S.C13H13Cl2N3O2S.C13H13Cl2N3S.C10H14O3S.C9H13NS.C7H7ClO2S.C6H7NS.C4HCl3N2.C4H10.C3H8O.CH2O3.2Cs.H/c1-17(2)37-25-15-21(20-10-12-30-13-11-20)19(5)14-24(25)33-28-31-16-22(29)27(34-28)32-23-8-6-7-9-26(23)38(35,36)18(3)4;1-8(2)21(19,20)11-6-4-3-5-10(11)17-12-9(14)7-16-13(15)18-12;1-8(2)19-11-6-4-3-5-10(11)17-12-9(14)7-16-13(15)18-12;1-8(2)13-14(11,12)10-6-4-9(3)5-7-10;1-7(2)11-9-6-4-3-5-8(9)10;1-6-2-4-7(5-3-6)11(8,9)10;7-5-3-1-2-4-6(5)8;5-2-1-8-4(7)9-3(2)6;1-4(2)3;1-3(2)4;2-1-4-3;;;/h6-9,14-18,20,30H,10-13H2,1-5H3,(H2,31,32,33,34);3-8H,1-2H3,(H,16,17,18);3-8H,1-2H3,(H,16,17,18);4-8H,1-3H3;3-7H,10H2,1-2H3;2-5H,1H3;1-4,8H,7H2;1H;4H,1-3H3;3-4H,1-2H3;1,3H;;;/q;;;;;;;;;;;2*+1;-1/p-1/i3D3,4D3,18D;3*1D3,2D3,8D;1D3,2D3,7D;;;;1D3,2D3,4D;1D3,2D3,3D,4D;;;;. The van der Waals surface area contributed by atoms with E-state index in [-0.39, 0.29) is 243 Å². The Bertz CT molecular complexity index is 8510. The van der Waals surface area contributed by atoms with Crippen molar-refractivity contribution in [3.8, 4) is 5.75 Å². The van der Waals surface area contributed by atoms with E-state index in [1.807, 2.05) is 64.1 Å². The van der Waals surface area contributed by atoms with Gasteiger partial charge in [-0.2, -0.15) is 23.4 Å². The van der Waals surface area contributed by atoms with Crippen LogP contribution in [-0.2, 0) is 52.7 Å². The number of hydrogen-bond acceptors (Lipinski definition) is 32. The number of rotatable bonds is 25. The van der Waals surface area contributed by atoms with Crippen LogP contribution in [-0.4, -0.2) is 139 Å². The number of hydrogen-bond donors (Lipinski definition) is 9. The Morgan fingerprint density at radius 3 is 1.36 bits per heavy atom. The van der Waals surface area contributed by atoms with Crippen molar-refractivity contribution >= 4 is 242 Å². The van der Waals surface area contributed by atoms with Crippen LogP contribution < -0.4 is 186 Å². The number of aliphatic hydroxyl groups is 1. The molecule has 8 aromatic carbocycles. The molecule has 10 N–H and O–H groups in total. The molecule has 0 spiro atoms. The van der Waals surface area contributed by atoms with Gasteiger partial charge in [0.15, 0.2) is 42.3 Å². The number of thiol groups is 1. The molecule has 0 aliphatic carbocycles. The van der Waals surface area contributed by atoms with Crippen molar-refractivity contribution in [2.75, 3.05) is 45.8 Å². The normalized spacial score (nSPS) is 18.3. The number of nitrogens with two attached hydrogens (primary N) is 2. The van der Waals surface area contributed by atoms with Gasteiger partial charge in [0, 0.05) is 118 Å². The third kappa shape index (κ3) is 54.3. The number of halogens is 9. The molecule has 1 aliphatic rings. The van der Waals surface area contributed by atoms with E-state index >= 15 is 0 Å². The second-order valence-corrected chi connectivity index (χ2v) is 40.8. The van der Waals surface area contributed by atoms with Crippen molar-refractivity contribution in [1.29, 1.82) is 1.43 Å². The number of thioether (sulfide) groups is 2. The fourth-order valence-corrected chi connectivity index (χ4v) is 16.0. The molecule has 47 heteroatoms. The Kier molecular flexibility index (Phi) is 37.2. The van der Waals surface area contributed by atoms with Crippen LogP contribution in [0.1, 0.15) is 226 Å². The third-order valence-electron chi connectivity index (χ3n) is 16.3.